The molecule has 0 spiro atoms. The average Bonchev–Trinajstić information content (AvgIpc) is 2.97. The van der Waals surface area contributed by atoms with Crippen molar-refractivity contribution in [1.29, 1.82) is 0 Å². The molecule has 7 heteroatoms. The van der Waals surface area contributed by atoms with E-state index in [4.69, 9.17) is 0 Å². The van der Waals surface area contributed by atoms with E-state index in [9.17, 15) is 5.11 Å². The monoisotopic (exact) mass is 222 g/mol. The van der Waals surface area contributed by atoms with Gasteiger partial charge in [0.2, 0.25) is 0 Å². The van der Waals surface area contributed by atoms with Crippen LogP contribution in [-0.2, 0) is 0 Å². The molecule has 2 atom stereocenters. The van der Waals surface area contributed by atoms with E-state index < -0.39 is 6.10 Å². The molecular formula is C9H14N6O. The molecule has 86 valence electrons. The first-order valence-electron chi connectivity index (χ1n) is 5.10. The first-order chi connectivity index (χ1) is 7.70. The second-order valence-electron chi connectivity index (χ2n) is 3.74. The van der Waals surface area contributed by atoms with Crippen molar-refractivity contribution in [3.05, 3.63) is 24.8 Å². The summed E-state index contributed by atoms with van der Waals surface area (Å²) in [5.74, 6) is 0. The maximum Gasteiger partial charge on any atom is 0.0983 e. The molecule has 0 amide bonds. The number of aliphatic hydroxyl groups excluding tert-OH is 1. The fourth-order valence-electron chi connectivity index (χ4n) is 1.59. The maximum atomic E-state index is 10.2. The van der Waals surface area contributed by atoms with E-state index in [2.05, 4.69) is 20.6 Å². The van der Waals surface area contributed by atoms with Crippen LogP contribution in [0.25, 0.3) is 0 Å². The van der Waals surface area contributed by atoms with E-state index in [1.165, 1.54) is 0 Å². The topological polar surface area (TPSA) is 81.6 Å². The summed E-state index contributed by atoms with van der Waals surface area (Å²) in [6.07, 6.45) is 6.01. The van der Waals surface area contributed by atoms with E-state index in [-0.39, 0.29) is 12.1 Å². The molecule has 0 aliphatic heterocycles. The number of hydrogen-bond donors (Lipinski definition) is 1. The summed E-state index contributed by atoms with van der Waals surface area (Å²) in [6.45, 7) is 3.76. The molecule has 0 saturated heterocycles. The van der Waals surface area contributed by atoms with Gasteiger partial charge in [-0.2, -0.15) is 0 Å². The molecule has 0 aliphatic carbocycles. The van der Waals surface area contributed by atoms with Crippen LogP contribution in [0.1, 0.15) is 25.9 Å². The zero-order valence-corrected chi connectivity index (χ0v) is 9.17. The number of hydrogen-bond acceptors (Lipinski definition) is 5. The van der Waals surface area contributed by atoms with Gasteiger partial charge in [-0.15, -0.1) is 10.2 Å². The van der Waals surface area contributed by atoms with Gasteiger partial charge in [0, 0.05) is 12.4 Å². The highest BCUT2D eigenvalue weighted by molar-refractivity contribution is 4.82. The highest BCUT2D eigenvalue weighted by Gasteiger charge is 2.24. The Hall–Kier alpha value is -1.76. The predicted molar refractivity (Wildman–Crippen MR) is 55.5 cm³/mol. The standard InChI is InChI=1S/C9H14N6O/c1-7(14-5-3-10-12-14)9(16)8(2)15-6-4-11-13-15/h3-9,16H,1-2H3. The van der Waals surface area contributed by atoms with Crippen LogP contribution in [0.4, 0.5) is 0 Å². The Morgan fingerprint density at radius 2 is 1.38 bits per heavy atom. The summed E-state index contributed by atoms with van der Waals surface area (Å²) < 4.78 is 3.25. The van der Waals surface area contributed by atoms with Crippen molar-refractivity contribution in [1.82, 2.24) is 30.0 Å². The number of rotatable bonds is 4. The second kappa shape index (κ2) is 4.40. The third kappa shape index (κ3) is 1.94. The van der Waals surface area contributed by atoms with Gasteiger partial charge in [-0.1, -0.05) is 10.4 Å². The molecule has 2 heterocycles. The van der Waals surface area contributed by atoms with Crippen molar-refractivity contribution in [2.75, 3.05) is 0 Å². The Morgan fingerprint density at radius 3 is 1.69 bits per heavy atom. The van der Waals surface area contributed by atoms with Gasteiger partial charge in [0.1, 0.15) is 0 Å². The van der Waals surface area contributed by atoms with Gasteiger partial charge >= 0.3 is 0 Å². The summed E-state index contributed by atoms with van der Waals surface area (Å²) in [5, 5.41) is 25.3. The molecule has 0 bridgehead atoms. The summed E-state index contributed by atoms with van der Waals surface area (Å²) in [4.78, 5) is 0. The largest absolute Gasteiger partial charge is 0.389 e. The summed E-state index contributed by atoms with van der Waals surface area (Å²) in [6, 6.07) is -0.330. The molecule has 0 aliphatic rings. The third-order valence-corrected chi connectivity index (χ3v) is 2.71. The second-order valence-corrected chi connectivity index (χ2v) is 3.74. The van der Waals surface area contributed by atoms with Crippen molar-refractivity contribution in [3.63, 3.8) is 0 Å². The SMILES string of the molecule is CC(C(O)C(C)n1ccnn1)n1ccnn1. The fourth-order valence-corrected chi connectivity index (χ4v) is 1.59. The van der Waals surface area contributed by atoms with Crippen LogP contribution >= 0.6 is 0 Å². The molecule has 2 rings (SSSR count). The highest BCUT2D eigenvalue weighted by Crippen LogP contribution is 2.19. The molecule has 2 unspecified atom stereocenters. The lowest BCUT2D eigenvalue weighted by atomic mass is 10.1. The minimum absolute atomic E-state index is 0.165. The minimum Gasteiger partial charge on any atom is -0.389 e. The maximum absolute atomic E-state index is 10.2. The zero-order chi connectivity index (χ0) is 11.5. The predicted octanol–water partition coefficient (Wildman–Crippen LogP) is 0.0527. The summed E-state index contributed by atoms with van der Waals surface area (Å²) >= 11 is 0. The molecule has 1 N–H and O–H groups in total. The smallest absolute Gasteiger partial charge is 0.0983 e. The van der Waals surface area contributed by atoms with Crippen LogP contribution in [0.3, 0.4) is 0 Å². The number of aliphatic hydroxyl groups is 1. The van der Waals surface area contributed by atoms with Crippen LogP contribution in [0.2, 0.25) is 0 Å². The quantitative estimate of drug-likeness (QED) is 0.790. The first-order valence-corrected chi connectivity index (χ1v) is 5.10. The van der Waals surface area contributed by atoms with Crippen LogP contribution in [0.5, 0.6) is 0 Å². The van der Waals surface area contributed by atoms with Gasteiger partial charge < -0.3 is 5.11 Å². The normalized spacial score (nSPS) is 16.9. The van der Waals surface area contributed by atoms with Crippen LogP contribution in [0.15, 0.2) is 24.8 Å². The zero-order valence-electron chi connectivity index (χ0n) is 9.17. The molecule has 0 aromatic carbocycles. The van der Waals surface area contributed by atoms with Crippen molar-refractivity contribution in [3.8, 4) is 0 Å². The first kappa shape index (κ1) is 10.7. The van der Waals surface area contributed by atoms with Gasteiger partial charge in [0.15, 0.2) is 0 Å². The molecule has 16 heavy (non-hydrogen) atoms. The minimum atomic E-state index is -0.608. The van der Waals surface area contributed by atoms with Gasteiger partial charge in [0.05, 0.1) is 30.6 Å². The molecule has 0 saturated carbocycles. The van der Waals surface area contributed by atoms with E-state index in [1.807, 2.05) is 13.8 Å². The van der Waals surface area contributed by atoms with Crippen molar-refractivity contribution < 1.29 is 5.11 Å². The molecule has 7 nitrogen and oxygen atoms in total. The van der Waals surface area contributed by atoms with Gasteiger partial charge in [-0.05, 0) is 13.8 Å². The van der Waals surface area contributed by atoms with Crippen LogP contribution in [0, 0.1) is 0 Å². The Balaban J connectivity index is 2.10. The van der Waals surface area contributed by atoms with E-state index in [0.717, 1.165) is 0 Å². The number of nitrogens with zero attached hydrogens (tertiary/aromatic N) is 6. The van der Waals surface area contributed by atoms with E-state index in [1.54, 1.807) is 34.2 Å². The average molecular weight is 222 g/mol. The third-order valence-electron chi connectivity index (χ3n) is 2.71. The van der Waals surface area contributed by atoms with Gasteiger partial charge in [-0.3, -0.25) is 0 Å². The lowest BCUT2D eigenvalue weighted by Crippen LogP contribution is -2.30. The molecule has 2 aromatic rings. The molecule has 2 aromatic heterocycles. The summed E-state index contributed by atoms with van der Waals surface area (Å²) in [7, 11) is 0. The lowest BCUT2D eigenvalue weighted by Gasteiger charge is -2.24. The lowest BCUT2D eigenvalue weighted by molar-refractivity contribution is 0.0628. The van der Waals surface area contributed by atoms with Crippen molar-refractivity contribution in [2.24, 2.45) is 0 Å². The Bertz CT molecular complexity index is 371. The molecule has 0 fully saturated rings. The Morgan fingerprint density at radius 1 is 0.938 bits per heavy atom. The highest BCUT2D eigenvalue weighted by atomic mass is 16.3. The fraction of sp³-hybridized carbons (Fsp3) is 0.556. The number of aromatic nitrogens is 6. The van der Waals surface area contributed by atoms with Crippen molar-refractivity contribution in [2.45, 2.75) is 32.0 Å². The van der Waals surface area contributed by atoms with Crippen LogP contribution in [-0.4, -0.2) is 41.2 Å². The Labute approximate surface area is 92.7 Å². The van der Waals surface area contributed by atoms with Crippen LogP contribution < -0.4 is 0 Å². The van der Waals surface area contributed by atoms with E-state index >= 15 is 0 Å². The van der Waals surface area contributed by atoms with Gasteiger partial charge in [-0.25, -0.2) is 9.36 Å². The van der Waals surface area contributed by atoms with Crippen molar-refractivity contribution >= 4 is 0 Å². The van der Waals surface area contributed by atoms with E-state index in [0.29, 0.717) is 0 Å². The molecule has 0 radical (unpaired) electrons. The molecular weight excluding hydrogens is 208 g/mol. The summed E-state index contributed by atoms with van der Waals surface area (Å²) in [5.41, 5.74) is 0. The van der Waals surface area contributed by atoms with Gasteiger partial charge in [0.25, 0.3) is 0 Å². The Kier molecular flexibility index (Phi) is 2.95.